The molecule has 0 radical (unpaired) electrons. The molecule has 3 aromatic rings. The topological polar surface area (TPSA) is 49.4 Å². The fraction of sp³-hybridized carbons (Fsp3) is 0.190. The van der Waals surface area contributed by atoms with E-state index >= 15 is 0 Å². The zero-order valence-corrected chi connectivity index (χ0v) is 14.3. The van der Waals surface area contributed by atoms with Gasteiger partial charge in [-0.05, 0) is 18.6 Å². The molecule has 0 unspecified atom stereocenters. The van der Waals surface area contributed by atoms with E-state index in [1.807, 2.05) is 30.3 Å². The van der Waals surface area contributed by atoms with Crippen molar-refractivity contribution in [3.05, 3.63) is 77.1 Å². The Morgan fingerprint density at radius 3 is 2.80 bits per heavy atom. The first-order valence-electron chi connectivity index (χ1n) is 8.66. The molecule has 0 bridgehead atoms. The van der Waals surface area contributed by atoms with Crippen molar-refractivity contribution in [2.24, 2.45) is 4.99 Å². The molecule has 2 aromatic carbocycles. The second kappa shape index (κ2) is 6.57. The first-order chi connectivity index (χ1) is 12.3. The SMILES string of the molecule is C=C1N=c2ccccc2=C1c1[nH]c2ccccc2c1NOCCCC. The molecule has 25 heavy (non-hydrogen) atoms. The normalized spacial score (nSPS) is 13.2. The van der Waals surface area contributed by atoms with E-state index in [2.05, 4.69) is 47.2 Å². The van der Waals surface area contributed by atoms with Gasteiger partial charge in [0.25, 0.3) is 0 Å². The lowest BCUT2D eigenvalue weighted by Crippen LogP contribution is -2.22. The third-order valence-electron chi connectivity index (χ3n) is 4.45. The van der Waals surface area contributed by atoms with Crippen molar-refractivity contribution in [3.8, 4) is 0 Å². The highest BCUT2D eigenvalue weighted by atomic mass is 16.6. The second-order valence-corrected chi connectivity index (χ2v) is 6.18. The van der Waals surface area contributed by atoms with Crippen LogP contribution in [0.1, 0.15) is 25.5 Å². The van der Waals surface area contributed by atoms with Crippen LogP contribution in [0, 0.1) is 0 Å². The van der Waals surface area contributed by atoms with Crippen molar-refractivity contribution in [1.29, 1.82) is 0 Å². The quantitative estimate of drug-likeness (QED) is 0.535. The number of allylic oxidation sites excluding steroid dienone is 1. The van der Waals surface area contributed by atoms with Gasteiger partial charge in [-0.2, -0.15) is 0 Å². The summed E-state index contributed by atoms with van der Waals surface area (Å²) in [5.74, 6) is 0. The van der Waals surface area contributed by atoms with Crippen LogP contribution in [0.3, 0.4) is 0 Å². The van der Waals surface area contributed by atoms with E-state index in [4.69, 9.17) is 4.84 Å². The first kappa shape index (κ1) is 15.7. The molecule has 4 nitrogen and oxygen atoms in total. The van der Waals surface area contributed by atoms with Crippen LogP contribution in [0.25, 0.3) is 16.5 Å². The van der Waals surface area contributed by atoms with Crippen molar-refractivity contribution in [3.63, 3.8) is 0 Å². The van der Waals surface area contributed by atoms with Crippen LogP contribution in [0.5, 0.6) is 0 Å². The number of nitrogens with one attached hydrogen (secondary N) is 2. The lowest BCUT2D eigenvalue weighted by Gasteiger charge is -2.10. The molecule has 0 atom stereocenters. The molecule has 1 aliphatic heterocycles. The summed E-state index contributed by atoms with van der Waals surface area (Å²) in [5, 5.41) is 3.15. The van der Waals surface area contributed by atoms with Crippen LogP contribution in [0.15, 0.2) is 65.8 Å². The van der Waals surface area contributed by atoms with Gasteiger partial charge in [0.1, 0.15) is 0 Å². The fourth-order valence-corrected chi connectivity index (χ4v) is 3.19. The highest BCUT2D eigenvalue weighted by Crippen LogP contribution is 2.34. The van der Waals surface area contributed by atoms with Crippen LogP contribution >= 0.6 is 0 Å². The zero-order valence-electron chi connectivity index (χ0n) is 14.3. The Morgan fingerprint density at radius 1 is 1.12 bits per heavy atom. The first-order valence-corrected chi connectivity index (χ1v) is 8.66. The number of H-pyrrole nitrogens is 1. The van der Waals surface area contributed by atoms with Crippen LogP contribution in [-0.2, 0) is 4.84 Å². The molecule has 4 heteroatoms. The Bertz CT molecular complexity index is 1060. The molecule has 0 spiro atoms. The summed E-state index contributed by atoms with van der Waals surface area (Å²) in [6.07, 6.45) is 2.12. The Morgan fingerprint density at radius 2 is 1.92 bits per heavy atom. The van der Waals surface area contributed by atoms with Gasteiger partial charge in [-0.1, -0.05) is 56.3 Å². The molecular weight excluding hydrogens is 310 g/mol. The summed E-state index contributed by atoms with van der Waals surface area (Å²) in [5.41, 5.74) is 7.92. The number of anilines is 1. The maximum absolute atomic E-state index is 5.71. The van der Waals surface area contributed by atoms with Crippen molar-refractivity contribution in [1.82, 2.24) is 4.98 Å². The zero-order chi connectivity index (χ0) is 17.2. The number of benzene rings is 2. The van der Waals surface area contributed by atoms with E-state index in [-0.39, 0.29) is 0 Å². The summed E-state index contributed by atoms with van der Waals surface area (Å²) in [4.78, 5) is 13.8. The van der Waals surface area contributed by atoms with E-state index < -0.39 is 0 Å². The Balaban J connectivity index is 1.88. The molecule has 0 amide bonds. The highest BCUT2D eigenvalue weighted by molar-refractivity contribution is 6.00. The minimum absolute atomic E-state index is 0.673. The smallest absolute Gasteiger partial charge is 0.0939 e. The number of aromatic nitrogens is 1. The lowest BCUT2D eigenvalue weighted by atomic mass is 10.1. The molecule has 0 aliphatic carbocycles. The van der Waals surface area contributed by atoms with Gasteiger partial charge in [0.2, 0.25) is 0 Å². The summed E-state index contributed by atoms with van der Waals surface area (Å²) >= 11 is 0. The van der Waals surface area contributed by atoms with Crippen LogP contribution in [0.4, 0.5) is 5.69 Å². The van der Waals surface area contributed by atoms with Crippen LogP contribution in [0.2, 0.25) is 0 Å². The molecule has 0 saturated carbocycles. The predicted octanol–water partition coefficient (Wildman–Crippen LogP) is 3.66. The van der Waals surface area contributed by atoms with Crippen molar-refractivity contribution in [2.45, 2.75) is 19.8 Å². The van der Waals surface area contributed by atoms with Gasteiger partial charge < -0.3 is 4.98 Å². The van der Waals surface area contributed by atoms with E-state index in [0.717, 1.165) is 57.0 Å². The summed E-state index contributed by atoms with van der Waals surface area (Å²) < 4.78 is 0. The number of aromatic amines is 1. The molecule has 126 valence electrons. The van der Waals surface area contributed by atoms with Crippen LogP contribution < -0.4 is 16.1 Å². The van der Waals surface area contributed by atoms with Crippen molar-refractivity contribution >= 4 is 22.2 Å². The summed E-state index contributed by atoms with van der Waals surface area (Å²) in [7, 11) is 0. The summed E-state index contributed by atoms with van der Waals surface area (Å²) in [6.45, 7) is 6.98. The molecule has 2 N–H and O–H groups in total. The minimum atomic E-state index is 0.673. The molecule has 0 fully saturated rings. The molecule has 1 aliphatic rings. The van der Waals surface area contributed by atoms with E-state index in [1.165, 1.54) is 0 Å². The maximum Gasteiger partial charge on any atom is 0.0939 e. The number of hydrogen-bond acceptors (Lipinski definition) is 3. The third-order valence-corrected chi connectivity index (χ3v) is 4.45. The average Bonchev–Trinajstić information content (AvgIpc) is 3.15. The fourth-order valence-electron chi connectivity index (χ4n) is 3.19. The third kappa shape index (κ3) is 2.75. The van der Waals surface area contributed by atoms with Crippen molar-refractivity contribution < 1.29 is 4.84 Å². The number of unbranched alkanes of at least 4 members (excludes halogenated alkanes) is 1. The van der Waals surface area contributed by atoms with E-state index in [1.54, 1.807) is 0 Å². The Hall–Kier alpha value is -2.85. The number of fused-ring (bicyclic) bond motifs is 2. The molecule has 0 saturated heterocycles. The monoisotopic (exact) mass is 331 g/mol. The van der Waals surface area contributed by atoms with Gasteiger partial charge in [-0.25, -0.2) is 4.99 Å². The average molecular weight is 331 g/mol. The van der Waals surface area contributed by atoms with Crippen molar-refractivity contribution in [2.75, 3.05) is 12.1 Å². The molecule has 2 heterocycles. The largest absolute Gasteiger partial charge is 0.353 e. The van der Waals surface area contributed by atoms with Gasteiger partial charge in [0.15, 0.2) is 0 Å². The number of para-hydroxylation sites is 2. The number of rotatable bonds is 6. The number of nitrogens with zero attached hydrogens (tertiary/aromatic N) is 1. The van der Waals surface area contributed by atoms with Gasteiger partial charge >= 0.3 is 0 Å². The summed E-state index contributed by atoms with van der Waals surface area (Å²) in [6, 6.07) is 16.3. The highest BCUT2D eigenvalue weighted by Gasteiger charge is 2.20. The lowest BCUT2D eigenvalue weighted by molar-refractivity contribution is 0.190. The minimum Gasteiger partial charge on any atom is -0.353 e. The Labute approximate surface area is 146 Å². The van der Waals surface area contributed by atoms with Crippen LogP contribution in [-0.4, -0.2) is 11.6 Å². The van der Waals surface area contributed by atoms with Gasteiger partial charge in [-0.15, -0.1) is 0 Å². The number of hydrogen-bond donors (Lipinski definition) is 2. The predicted molar refractivity (Wildman–Crippen MR) is 102 cm³/mol. The molecular formula is C21H21N3O. The van der Waals surface area contributed by atoms with Gasteiger partial charge in [0.05, 0.1) is 29.0 Å². The second-order valence-electron chi connectivity index (χ2n) is 6.18. The van der Waals surface area contributed by atoms with Gasteiger partial charge in [0, 0.05) is 21.7 Å². The molecule has 4 rings (SSSR count). The molecule has 1 aromatic heterocycles. The standard InChI is InChI=1S/C21H21N3O/c1-3-4-13-25-24-20-16-10-6-8-12-18(16)23-21(20)19-14(2)22-17-11-7-5-9-15(17)19/h5-12,23-24H,2-4,13H2,1H3. The van der Waals surface area contributed by atoms with E-state index in [9.17, 15) is 0 Å². The van der Waals surface area contributed by atoms with E-state index in [0.29, 0.717) is 6.61 Å². The van der Waals surface area contributed by atoms with Gasteiger partial charge in [-0.3, -0.25) is 10.3 Å². The maximum atomic E-state index is 5.71. The Kier molecular flexibility index (Phi) is 4.12.